The van der Waals surface area contributed by atoms with Gasteiger partial charge in [-0.1, -0.05) is 18.2 Å². The fraction of sp³-hybridized carbons (Fsp3) is 0.364. The average molecular weight is 493 g/mol. The normalized spacial score (nSPS) is 16.0. The molecule has 33 heavy (non-hydrogen) atoms. The zero-order chi connectivity index (χ0) is 23.6. The quantitative estimate of drug-likeness (QED) is 0.547. The highest BCUT2D eigenvalue weighted by molar-refractivity contribution is 7.89. The van der Waals surface area contributed by atoms with Gasteiger partial charge in [-0.3, -0.25) is 9.48 Å². The van der Waals surface area contributed by atoms with Gasteiger partial charge in [-0.05, 0) is 43.0 Å². The van der Waals surface area contributed by atoms with Crippen LogP contribution in [0.3, 0.4) is 0 Å². The lowest BCUT2D eigenvalue weighted by Crippen LogP contribution is -2.41. The van der Waals surface area contributed by atoms with E-state index < -0.39 is 16.1 Å². The smallest absolute Gasteiger partial charge is 0.246 e. The van der Waals surface area contributed by atoms with Crippen molar-refractivity contribution in [2.75, 3.05) is 26.3 Å². The zero-order valence-electron chi connectivity index (χ0n) is 18.3. The predicted molar refractivity (Wildman–Crippen MR) is 122 cm³/mol. The Balaban J connectivity index is 1.55. The van der Waals surface area contributed by atoms with Crippen molar-refractivity contribution in [1.29, 1.82) is 0 Å². The number of amides is 1. The van der Waals surface area contributed by atoms with Crippen LogP contribution >= 0.6 is 11.3 Å². The Bertz CT molecular complexity index is 1220. The molecule has 1 atom stereocenters. The van der Waals surface area contributed by atoms with Crippen molar-refractivity contribution in [1.82, 2.24) is 19.4 Å². The minimum Gasteiger partial charge on any atom is -0.379 e. The first-order valence-corrected chi connectivity index (χ1v) is 12.8. The third kappa shape index (κ3) is 5.01. The lowest BCUT2D eigenvalue weighted by molar-refractivity contribution is -0.122. The minimum atomic E-state index is -3.74. The number of thiophene rings is 1. The molecule has 1 N–H and O–H groups in total. The van der Waals surface area contributed by atoms with Crippen molar-refractivity contribution < 1.29 is 22.3 Å². The number of aromatic nitrogens is 2. The largest absolute Gasteiger partial charge is 0.379 e. The third-order valence-corrected chi connectivity index (χ3v) is 8.60. The van der Waals surface area contributed by atoms with Gasteiger partial charge in [0.15, 0.2) is 0 Å². The summed E-state index contributed by atoms with van der Waals surface area (Å²) in [4.78, 5) is 14.0. The molecule has 1 aromatic carbocycles. The summed E-state index contributed by atoms with van der Waals surface area (Å²) in [6.07, 6.45) is 0. The average Bonchev–Trinajstić information content (AvgIpc) is 3.42. The first-order chi connectivity index (χ1) is 15.8. The Morgan fingerprint density at radius 2 is 1.91 bits per heavy atom. The fourth-order valence-corrected chi connectivity index (χ4v) is 6.48. The van der Waals surface area contributed by atoms with Gasteiger partial charge in [0, 0.05) is 18.0 Å². The summed E-state index contributed by atoms with van der Waals surface area (Å²) in [6.45, 7) is 4.40. The number of aryl methyl sites for hydroxylation is 1. The van der Waals surface area contributed by atoms with E-state index in [9.17, 15) is 17.6 Å². The number of sulfonamides is 1. The first-order valence-electron chi connectivity index (χ1n) is 10.5. The van der Waals surface area contributed by atoms with E-state index in [1.54, 1.807) is 26.0 Å². The summed E-state index contributed by atoms with van der Waals surface area (Å²) in [5, 5.41) is 9.22. The summed E-state index contributed by atoms with van der Waals surface area (Å²) >= 11 is 1.48. The number of carbonyl (C=O) groups is 1. The molecule has 1 aliphatic rings. The molecule has 11 heteroatoms. The molecule has 1 aliphatic heterocycles. The van der Waals surface area contributed by atoms with Gasteiger partial charge >= 0.3 is 0 Å². The van der Waals surface area contributed by atoms with Gasteiger partial charge in [0.1, 0.15) is 17.3 Å². The number of halogens is 1. The van der Waals surface area contributed by atoms with Crippen molar-refractivity contribution in [3.05, 3.63) is 69.4 Å². The molecular weight excluding hydrogens is 467 g/mol. The molecular formula is C22H25FN4O4S2. The molecule has 8 nitrogen and oxygen atoms in total. The zero-order valence-corrected chi connectivity index (χ0v) is 20.0. The van der Waals surface area contributed by atoms with Crippen LogP contribution in [0.4, 0.5) is 4.39 Å². The highest BCUT2D eigenvalue weighted by atomic mass is 32.2. The van der Waals surface area contributed by atoms with E-state index in [4.69, 9.17) is 4.74 Å². The molecule has 4 rings (SSSR count). The second kappa shape index (κ2) is 9.72. The van der Waals surface area contributed by atoms with E-state index >= 15 is 0 Å². The van der Waals surface area contributed by atoms with Crippen LogP contribution in [0.25, 0.3) is 0 Å². The Hall–Kier alpha value is -2.60. The second-order valence-corrected chi connectivity index (χ2v) is 10.6. The van der Waals surface area contributed by atoms with Gasteiger partial charge in [0.25, 0.3) is 0 Å². The van der Waals surface area contributed by atoms with Crippen LogP contribution in [0, 0.1) is 19.7 Å². The topological polar surface area (TPSA) is 93.5 Å². The summed E-state index contributed by atoms with van der Waals surface area (Å²) in [7, 11) is -3.74. The van der Waals surface area contributed by atoms with E-state index in [-0.39, 0.29) is 36.3 Å². The van der Waals surface area contributed by atoms with Crippen LogP contribution in [-0.2, 0) is 26.1 Å². The molecule has 2 aromatic heterocycles. The van der Waals surface area contributed by atoms with Crippen LogP contribution in [0.5, 0.6) is 0 Å². The van der Waals surface area contributed by atoms with Crippen LogP contribution in [0.15, 0.2) is 46.7 Å². The van der Waals surface area contributed by atoms with Gasteiger partial charge in [0.2, 0.25) is 15.9 Å². The van der Waals surface area contributed by atoms with Crippen LogP contribution in [0.2, 0.25) is 0 Å². The van der Waals surface area contributed by atoms with E-state index in [2.05, 4.69) is 10.4 Å². The molecule has 0 aliphatic carbocycles. The van der Waals surface area contributed by atoms with E-state index in [1.807, 2.05) is 17.5 Å². The number of rotatable bonds is 7. The number of hydrogen-bond acceptors (Lipinski definition) is 6. The second-order valence-electron chi connectivity index (χ2n) is 7.74. The summed E-state index contributed by atoms with van der Waals surface area (Å²) in [5.74, 6) is -0.690. The van der Waals surface area contributed by atoms with Crippen LogP contribution in [0.1, 0.15) is 27.9 Å². The number of ether oxygens (including phenoxy) is 1. The molecule has 3 heterocycles. The van der Waals surface area contributed by atoms with Gasteiger partial charge in [-0.2, -0.15) is 9.40 Å². The molecule has 0 saturated carbocycles. The minimum absolute atomic E-state index is 0.130. The van der Waals surface area contributed by atoms with Crippen molar-refractivity contribution in [3.8, 4) is 0 Å². The molecule has 1 saturated heterocycles. The first kappa shape index (κ1) is 23.6. The van der Waals surface area contributed by atoms with Crippen LogP contribution in [-0.4, -0.2) is 54.7 Å². The van der Waals surface area contributed by atoms with Gasteiger partial charge in [0.05, 0.1) is 30.6 Å². The number of carbonyl (C=O) groups excluding carboxylic acids is 1. The molecule has 1 fully saturated rings. The summed E-state index contributed by atoms with van der Waals surface area (Å²) < 4.78 is 47.8. The van der Waals surface area contributed by atoms with Gasteiger partial charge in [-0.15, -0.1) is 11.3 Å². The fourth-order valence-electron chi connectivity index (χ4n) is 3.90. The monoisotopic (exact) mass is 492 g/mol. The van der Waals surface area contributed by atoms with Crippen LogP contribution < -0.4 is 5.32 Å². The number of hydrogen-bond donors (Lipinski definition) is 1. The Labute approximate surface area is 196 Å². The maximum absolute atomic E-state index is 13.4. The highest BCUT2D eigenvalue weighted by Crippen LogP contribution is 2.27. The molecule has 1 amide bonds. The van der Waals surface area contributed by atoms with E-state index in [1.165, 1.54) is 32.5 Å². The number of benzene rings is 1. The lowest BCUT2D eigenvalue weighted by Gasteiger charge is -2.26. The number of nitrogens with zero attached hydrogens (tertiary/aromatic N) is 3. The number of nitrogens with one attached hydrogen (secondary N) is 1. The Kier molecular flexibility index (Phi) is 6.94. The SMILES string of the molecule is Cc1nn(CC(=O)N[C@H](c2ccc(F)cc2)c2cccs2)c(C)c1S(=O)(=O)N1CCOCC1. The van der Waals surface area contributed by atoms with Crippen molar-refractivity contribution in [2.24, 2.45) is 0 Å². The Morgan fingerprint density at radius 3 is 2.55 bits per heavy atom. The summed E-state index contributed by atoms with van der Waals surface area (Å²) in [6, 6.07) is 9.30. The molecule has 0 bridgehead atoms. The maximum atomic E-state index is 13.4. The van der Waals surface area contributed by atoms with Crippen molar-refractivity contribution in [3.63, 3.8) is 0 Å². The molecule has 176 valence electrons. The third-order valence-electron chi connectivity index (χ3n) is 5.51. The maximum Gasteiger partial charge on any atom is 0.246 e. The number of morpholine rings is 1. The molecule has 0 radical (unpaired) electrons. The standard InChI is InChI=1S/C22H25FN4O4S2/c1-15-22(33(29,30)26-9-11-31-12-10-26)16(2)27(25-15)14-20(28)24-21(19-4-3-13-32-19)17-5-7-18(23)8-6-17/h3-8,13,21H,9-12,14H2,1-2H3,(H,24,28)/t21-/m1/s1. The van der Waals surface area contributed by atoms with Crippen molar-refractivity contribution >= 4 is 27.3 Å². The van der Waals surface area contributed by atoms with E-state index in [0.717, 1.165) is 10.4 Å². The highest BCUT2D eigenvalue weighted by Gasteiger charge is 2.32. The summed E-state index contributed by atoms with van der Waals surface area (Å²) in [5.41, 5.74) is 1.50. The molecule has 0 unspecified atom stereocenters. The molecule has 0 spiro atoms. The Morgan fingerprint density at radius 1 is 1.21 bits per heavy atom. The molecule has 3 aromatic rings. The predicted octanol–water partition coefficient (Wildman–Crippen LogP) is 2.63. The van der Waals surface area contributed by atoms with Crippen molar-refractivity contribution in [2.45, 2.75) is 31.3 Å². The lowest BCUT2D eigenvalue weighted by atomic mass is 10.1. The van der Waals surface area contributed by atoms with Gasteiger partial charge in [-0.25, -0.2) is 12.8 Å². The van der Waals surface area contributed by atoms with Gasteiger partial charge < -0.3 is 10.1 Å². The van der Waals surface area contributed by atoms with E-state index in [0.29, 0.717) is 24.6 Å².